The number of halogens is 1. The number of nitrogens with zero attached hydrogens (tertiary/aromatic N) is 1. The van der Waals surface area contributed by atoms with Crippen LogP contribution in [0.25, 0.3) is 0 Å². The average Bonchev–Trinajstić information content (AvgIpc) is 2.92. The van der Waals surface area contributed by atoms with Gasteiger partial charge in [-0.1, -0.05) is 84.9 Å². The zero-order valence-electron chi connectivity index (χ0n) is 20.4. The van der Waals surface area contributed by atoms with Crippen LogP contribution < -0.4 is 4.74 Å². The van der Waals surface area contributed by atoms with Gasteiger partial charge in [-0.25, -0.2) is 4.39 Å². The number of methoxy groups -OCH3 is 1. The minimum atomic E-state index is -1.19. The SMILES string of the molecule is CCOC(=O)CC(N=C(c1ccccc1)c1ccccc1)(c1ccc(F)cc1)c1ccc(OC)cc1. The molecule has 4 nitrogen and oxygen atoms in total. The van der Waals surface area contributed by atoms with Crippen LogP contribution in [0.3, 0.4) is 0 Å². The van der Waals surface area contributed by atoms with Crippen molar-refractivity contribution in [3.05, 3.63) is 137 Å². The molecule has 0 aliphatic rings. The number of ether oxygens (including phenoxy) is 2. The van der Waals surface area contributed by atoms with Crippen LogP contribution in [0.4, 0.5) is 4.39 Å². The first-order valence-corrected chi connectivity index (χ1v) is 11.8. The summed E-state index contributed by atoms with van der Waals surface area (Å²) in [5.41, 5.74) is 2.74. The molecule has 1 unspecified atom stereocenters. The number of carbonyl (C=O) groups is 1. The maximum Gasteiger partial charge on any atom is 0.308 e. The summed E-state index contributed by atoms with van der Waals surface area (Å²) >= 11 is 0. The molecule has 36 heavy (non-hydrogen) atoms. The summed E-state index contributed by atoms with van der Waals surface area (Å²) in [7, 11) is 1.60. The minimum absolute atomic E-state index is 0.0675. The van der Waals surface area contributed by atoms with E-state index < -0.39 is 11.5 Å². The van der Waals surface area contributed by atoms with E-state index in [0.29, 0.717) is 17.0 Å². The predicted molar refractivity (Wildman–Crippen MR) is 140 cm³/mol. The molecule has 1 atom stereocenters. The summed E-state index contributed by atoms with van der Waals surface area (Å²) in [5, 5.41) is 0. The summed E-state index contributed by atoms with van der Waals surface area (Å²) in [6, 6.07) is 33.2. The lowest BCUT2D eigenvalue weighted by atomic mass is 9.79. The van der Waals surface area contributed by atoms with E-state index in [-0.39, 0.29) is 18.8 Å². The molecule has 4 aromatic carbocycles. The van der Waals surface area contributed by atoms with E-state index in [0.717, 1.165) is 16.7 Å². The molecule has 0 aliphatic heterocycles. The first kappa shape index (κ1) is 24.9. The van der Waals surface area contributed by atoms with Crippen LogP contribution >= 0.6 is 0 Å². The number of hydrogen-bond acceptors (Lipinski definition) is 4. The monoisotopic (exact) mass is 481 g/mol. The van der Waals surface area contributed by atoms with Gasteiger partial charge in [0.05, 0.1) is 25.8 Å². The number of hydrogen-bond donors (Lipinski definition) is 0. The quantitative estimate of drug-likeness (QED) is 0.201. The molecule has 0 radical (unpaired) electrons. The zero-order valence-corrected chi connectivity index (χ0v) is 20.4. The molecule has 0 aliphatic carbocycles. The van der Waals surface area contributed by atoms with Gasteiger partial charge in [-0.3, -0.25) is 9.79 Å². The fourth-order valence-electron chi connectivity index (χ4n) is 4.23. The van der Waals surface area contributed by atoms with Gasteiger partial charge in [0.15, 0.2) is 0 Å². The Balaban J connectivity index is 2.05. The Morgan fingerprint density at radius 2 is 1.28 bits per heavy atom. The smallest absolute Gasteiger partial charge is 0.308 e. The van der Waals surface area contributed by atoms with Crippen molar-refractivity contribution in [2.75, 3.05) is 13.7 Å². The van der Waals surface area contributed by atoms with Gasteiger partial charge in [0.25, 0.3) is 0 Å². The molecule has 0 amide bonds. The van der Waals surface area contributed by atoms with Gasteiger partial charge < -0.3 is 9.47 Å². The first-order valence-electron chi connectivity index (χ1n) is 11.8. The largest absolute Gasteiger partial charge is 0.497 e. The minimum Gasteiger partial charge on any atom is -0.497 e. The normalized spacial score (nSPS) is 12.3. The van der Waals surface area contributed by atoms with Gasteiger partial charge in [0.2, 0.25) is 0 Å². The summed E-state index contributed by atoms with van der Waals surface area (Å²) in [4.78, 5) is 18.4. The van der Waals surface area contributed by atoms with Crippen molar-refractivity contribution in [2.45, 2.75) is 18.9 Å². The Morgan fingerprint density at radius 3 is 1.75 bits per heavy atom. The van der Waals surface area contributed by atoms with Crippen LogP contribution in [0.2, 0.25) is 0 Å². The third kappa shape index (κ3) is 5.52. The fourth-order valence-corrected chi connectivity index (χ4v) is 4.23. The van der Waals surface area contributed by atoms with E-state index >= 15 is 0 Å². The number of aliphatic imine (C=N–C) groups is 1. The Labute approximate surface area is 211 Å². The standard InChI is InChI=1S/C31H28FNO3/c1-3-36-29(34)22-31(25-14-18-27(32)19-15-25,26-16-20-28(35-2)21-17-26)33-30(23-10-6-4-7-11-23)24-12-8-5-9-13-24/h4-21H,3,22H2,1-2H3. The average molecular weight is 482 g/mol. The molecule has 4 rings (SSSR count). The maximum absolute atomic E-state index is 14.0. The molecule has 0 bridgehead atoms. The molecule has 0 spiro atoms. The predicted octanol–water partition coefficient (Wildman–Crippen LogP) is 6.57. The van der Waals surface area contributed by atoms with Gasteiger partial charge >= 0.3 is 5.97 Å². The maximum atomic E-state index is 14.0. The second-order valence-electron chi connectivity index (χ2n) is 8.27. The third-order valence-corrected chi connectivity index (χ3v) is 5.99. The van der Waals surface area contributed by atoms with E-state index in [1.165, 1.54) is 12.1 Å². The van der Waals surface area contributed by atoms with Crippen LogP contribution in [0.15, 0.2) is 114 Å². The lowest BCUT2D eigenvalue weighted by molar-refractivity contribution is -0.144. The van der Waals surface area contributed by atoms with Crippen LogP contribution in [-0.4, -0.2) is 25.4 Å². The molecule has 0 fully saturated rings. The Bertz CT molecular complexity index is 1260. The van der Waals surface area contributed by atoms with Crippen molar-refractivity contribution in [3.63, 3.8) is 0 Å². The van der Waals surface area contributed by atoms with Gasteiger partial charge in [-0.15, -0.1) is 0 Å². The molecule has 0 N–H and O–H groups in total. The number of carbonyl (C=O) groups excluding carboxylic acids is 1. The van der Waals surface area contributed by atoms with E-state index in [2.05, 4.69) is 0 Å². The van der Waals surface area contributed by atoms with Gasteiger partial charge in [-0.05, 0) is 42.3 Å². The summed E-state index contributed by atoms with van der Waals surface area (Å²) in [6.07, 6.45) is -0.0675. The molecule has 0 saturated heterocycles. The van der Waals surface area contributed by atoms with E-state index in [9.17, 15) is 9.18 Å². The highest BCUT2D eigenvalue weighted by molar-refractivity contribution is 6.13. The molecule has 182 valence electrons. The molecular weight excluding hydrogens is 453 g/mol. The lowest BCUT2D eigenvalue weighted by Gasteiger charge is -2.32. The molecule has 5 heteroatoms. The number of benzene rings is 4. The van der Waals surface area contributed by atoms with Crippen molar-refractivity contribution in [1.29, 1.82) is 0 Å². The third-order valence-electron chi connectivity index (χ3n) is 5.99. The van der Waals surface area contributed by atoms with Crippen molar-refractivity contribution in [3.8, 4) is 5.75 Å². The molecule has 0 saturated carbocycles. The summed E-state index contributed by atoms with van der Waals surface area (Å²) < 4.78 is 24.8. The number of esters is 1. The Hall–Kier alpha value is -4.25. The highest BCUT2D eigenvalue weighted by Gasteiger charge is 2.38. The lowest BCUT2D eigenvalue weighted by Crippen LogP contribution is -2.31. The summed E-state index contributed by atoms with van der Waals surface area (Å²) in [5.74, 6) is -0.0890. The Kier molecular flexibility index (Phi) is 7.91. The van der Waals surface area contributed by atoms with Crippen LogP contribution in [0, 0.1) is 5.82 Å². The van der Waals surface area contributed by atoms with E-state index in [4.69, 9.17) is 14.5 Å². The highest BCUT2D eigenvalue weighted by Crippen LogP contribution is 2.40. The molecule has 4 aromatic rings. The van der Waals surface area contributed by atoms with Gasteiger partial charge in [-0.2, -0.15) is 0 Å². The Morgan fingerprint density at radius 1 is 0.778 bits per heavy atom. The topological polar surface area (TPSA) is 47.9 Å². The first-order chi connectivity index (χ1) is 17.6. The fraction of sp³-hybridized carbons (Fsp3) is 0.161. The van der Waals surface area contributed by atoms with Gasteiger partial charge in [0, 0.05) is 11.1 Å². The van der Waals surface area contributed by atoms with Gasteiger partial charge in [0.1, 0.15) is 17.1 Å². The van der Waals surface area contributed by atoms with Crippen molar-refractivity contribution >= 4 is 11.7 Å². The molecule has 0 aromatic heterocycles. The second-order valence-corrected chi connectivity index (χ2v) is 8.27. The molecular formula is C31H28FNO3. The number of rotatable bonds is 9. The summed E-state index contributed by atoms with van der Waals surface area (Å²) in [6.45, 7) is 2.02. The van der Waals surface area contributed by atoms with Crippen LogP contribution in [0.1, 0.15) is 35.6 Å². The van der Waals surface area contributed by atoms with E-state index in [1.54, 1.807) is 26.2 Å². The van der Waals surface area contributed by atoms with Crippen molar-refractivity contribution in [2.24, 2.45) is 4.99 Å². The highest BCUT2D eigenvalue weighted by atomic mass is 19.1. The van der Waals surface area contributed by atoms with Crippen molar-refractivity contribution < 1.29 is 18.7 Å². The second kappa shape index (κ2) is 11.5. The molecule has 0 heterocycles. The van der Waals surface area contributed by atoms with E-state index in [1.807, 2.05) is 84.9 Å². The van der Waals surface area contributed by atoms with Crippen LogP contribution in [0.5, 0.6) is 5.75 Å². The van der Waals surface area contributed by atoms with Crippen LogP contribution in [-0.2, 0) is 15.1 Å². The zero-order chi connectivity index (χ0) is 25.4. The van der Waals surface area contributed by atoms with Crippen molar-refractivity contribution in [1.82, 2.24) is 0 Å².